The molecular formula is C7H13N5O. The third kappa shape index (κ3) is 2.02. The number of ether oxygens (including phenoxy) is 1. The molecule has 72 valence electrons. The Morgan fingerprint density at radius 1 is 1.69 bits per heavy atom. The molecule has 1 aromatic rings. The lowest BCUT2D eigenvalue weighted by atomic mass is 10.1. The van der Waals surface area contributed by atoms with Crippen LogP contribution < -0.4 is 5.32 Å². The Kier molecular flexibility index (Phi) is 2.51. The summed E-state index contributed by atoms with van der Waals surface area (Å²) in [6.45, 7) is 3.56. The Labute approximate surface area is 76.1 Å². The lowest BCUT2D eigenvalue weighted by Gasteiger charge is -2.14. The molecule has 2 atom stereocenters. The predicted octanol–water partition coefficient (Wildman–Crippen LogP) is -0.533. The van der Waals surface area contributed by atoms with Crippen LogP contribution in [0.3, 0.4) is 0 Å². The third-order valence-electron chi connectivity index (χ3n) is 2.29. The minimum atomic E-state index is 0.284. The van der Waals surface area contributed by atoms with Gasteiger partial charge >= 0.3 is 0 Å². The second kappa shape index (κ2) is 3.80. The maximum absolute atomic E-state index is 5.41. The standard InChI is InChI=1S/C7H13N5O/c1-5-6(2-3-13-5)8-4-7-9-11-12-10-7/h5-6,8H,2-4H2,1H3,(H,9,10,11,12). The van der Waals surface area contributed by atoms with E-state index in [4.69, 9.17) is 4.74 Å². The summed E-state index contributed by atoms with van der Waals surface area (Å²) in [4.78, 5) is 0. The summed E-state index contributed by atoms with van der Waals surface area (Å²) >= 11 is 0. The molecule has 0 amide bonds. The van der Waals surface area contributed by atoms with Crippen molar-refractivity contribution in [2.45, 2.75) is 32.0 Å². The van der Waals surface area contributed by atoms with Crippen LogP contribution in [-0.4, -0.2) is 39.4 Å². The number of H-pyrrole nitrogens is 1. The third-order valence-corrected chi connectivity index (χ3v) is 2.29. The SMILES string of the molecule is CC1OCCC1NCc1nn[nH]n1. The van der Waals surface area contributed by atoms with E-state index in [0.717, 1.165) is 13.0 Å². The highest BCUT2D eigenvalue weighted by Gasteiger charge is 2.23. The molecule has 0 aliphatic carbocycles. The molecule has 2 rings (SSSR count). The van der Waals surface area contributed by atoms with Crippen LogP contribution in [0.1, 0.15) is 19.2 Å². The van der Waals surface area contributed by atoms with Crippen molar-refractivity contribution in [1.82, 2.24) is 25.9 Å². The molecule has 1 aliphatic heterocycles. The number of tetrazole rings is 1. The zero-order valence-electron chi connectivity index (χ0n) is 7.53. The Hall–Kier alpha value is -1.01. The van der Waals surface area contributed by atoms with Gasteiger partial charge in [0.15, 0.2) is 5.82 Å². The summed E-state index contributed by atoms with van der Waals surface area (Å²) in [5.74, 6) is 0.694. The van der Waals surface area contributed by atoms with Gasteiger partial charge in [0, 0.05) is 12.6 Å². The number of aromatic amines is 1. The number of hydrogen-bond donors (Lipinski definition) is 2. The Morgan fingerprint density at radius 3 is 3.23 bits per heavy atom. The lowest BCUT2D eigenvalue weighted by molar-refractivity contribution is 0.113. The molecule has 2 heterocycles. The van der Waals surface area contributed by atoms with Crippen molar-refractivity contribution in [2.75, 3.05) is 6.61 Å². The van der Waals surface area contributed by atoms with E-state index in [0.29, 0.717) is 18.4 Å². The summed E-state index contributed by atoms with van der Waals surface area (Å²) in [7, 11) is 0. The maximum atomic E-state index is 5.41. The molecule has 0 saturated carbocycles. The minimum Gasteiger partial charge on any atom is -0.377 e. The van der Waals surface area contributed by atoms with Crippen molar-refractivity contribution >= 4 is 0 Å². The van der Waals surface area contributed by atoms with Gasteiger partial charge in [-0.2, -0.15) is 5.21 Å². The quantitative estimate of drug-likeness (QED) is 0.658. The van der Waals surface area contributed by atoms with E-state index < -0.39 is 0 Å². The minimum absolute atomic E-state index is 0.284. The van der Waals surface area contributed by atoms with Crippen LogP contribution in [0.4, 0.5) is 0 Å². The topological polar surface area (TPSA) is 75.7 Å². The van der Waals surface area contributed by atoms with Crippen molar-refractivity contribution in [3.8, 4) is 0 Å². The molecule has 0 spiro atoms. The van der Waals surface area contributed by atoms with Gasteiger partial charge in [-0.25, -0.2) is 0 Å². The molecule has 6 heteroatoms. The molecule has 2 N–H and O–H groups in total. The van der Waals surface area contributed by atoms with Gasteiger partial charge in [0.05, 0.1) is 12.6 Å². The first-order chi connectivity index (χ1) is 6.36. The van der Waals surface area contributed by atoms with E-state index in [2.05, 4.69) is 32.9 Å². The van der Waals surface area contributed by atoms with Gasteiger partial charge in [-0.1, -0.05) is 5.21 Å². The van der Waals surface area contributed by atoms with Crippen molar-refractivity contribution in [1.29, 1.82) is 0 Å². The van der Waals surface area contributed by atoms with Crippen LogP contribution in [-0.2, 0) is 11.3 Å². The fourth-order valence-corrected chi connectivity index (χ4v) is 1.48. The fourth-order valence-electron chi connectivity index (χ4n) is 1.48. The highest BCUT2D eigenvalue weighted by atomic mass is 16.5. The summed E-state index contributed by atoms with van der Waals surface area (Å²) in [6, 6.07) is 0.415. The molecule has 1 saturated heterocycles. The van der Waals surface area contributed by atoms with Gasteiger partial charge < -0.3 is 10.1 Å². The van der Waals surface area contributed by atoms with Crippen molar-refractivity contribution < 1.29 is 4.74 Å². The number of hydrogen-bond acceptors (Lipinski definition) is 5. The van der Waals surface area contributed by atoms with E-state index in [1.54, 1.807) is 0 Å². The normalized spacial score (nSPS) is 28.1. The van der Waals surface area contributed by atoms with Crippen LogP contribution >= 0.6 is 0 Å². The monoisotopic (exact) mass is 183 g/mol. The van der Waals surface area contributed by atoms with E-state index in [-0.39, 0.29) is 6.10 Å². The van der Waals surface area contributed by atoms with Crippen LogP contribution in [0, 0.1) is 0 Å². The molecule has 13 heavy (non-hydrogen) atoms. The molecule has 1 aliphatic rings. The van der Waals surface area contributed by atoms with Gasteiger partial charge in [0.2, 0.25) is 0 Å². The van der Waals surface area contributed by atoms with E-state index in [1.165, 1.54) is 0 Å². The predicted molar refractivity (Wildman–Crippen MR) is 44.8 cm³/mol. The molecule has 0 aromatic carbocycles. The summed E-state index contributed by atoms with van der Waals surface area (Å²) in [6.07, 6.45) is 1.34. The van der Waals surface area contributed by atoms with E-state index in [1.807, 2.05) is 0 Å². The van der Waals surface area contributed by atoms with Gasteiger partial charge in [-0.3, -0.25) is 0 Å². The number of nitrogens with zero attached hydrogens (tertiary/aromatic N) is 3. The van der Waals surface area contributed by atoms with Gasteiger partial charge in [-0.15, -0.1) is 10.2 Å². The van der Waals surface area contributed by atoms with Gasteiger partial charge in [-0.05, 0) is 13.3 Å². The average Bonchev–Trinajstić information content (AvgIpc) is 2.72. The van der Waals surface area contributed by atoms with Gasteiger partial charge in [0.25, 0.3) is 0 Å². The second-order valence-corrected chi connectivity index (χ2v) is 3.18. The summed E-state index contributed by atoms with van der Waals surface area (Å²) in [5, 5.41) is 16.9. The summed E-state index contributed by atoms with van der Waals surface area (Å²) in [5.41, 5.74) is 0. The first kappa shape index (κ1) is 8.58. The van der Waals surface area contributed by atoms with Crippen molar-refractivity contribution in [3.05, 3.63) is 5.82 Å². The van der Waals surface area contributed by atoms with Crippen LogP contribution in [0.2, 0.25) is 0 Å². The molecule has 0 radical (unpaired) electrons. The zero-order valence-corrected chi connectivity index (χ0v) is 7.53. The molecule has 6 nitrogen and oxygen atoms in total. The lowest BCUT2D eigenvalue weighted by Crippen LogP contribution is -2.34. The number of nitrogens with one attached hydrogen (secondary N) is 2. The van der Waals surface area contributed by atoms with Gasteiger partial charge in [0.1, 0.15) is 0 Å². The van der Waals surface area contributed by atoms with E-state index in [9.17, 15) is 0 Å². The maximum Gasteiger partial charge on any atom is 0.188 e. The fraction of sp³-hybridized carbons (Fsp3) is 0.857. The molecular weight excluding hydrogens is 170 g/mol. The highest BCUT2D eigenvalue weighted by Crippen LogP contribution is 2.12. The first-order valence-electron chi connectivity index (χ1n) is 4.43. The highest BCUT2D eigenvalue weighted by molar-refractivity contribution is 4.83. The first-order valence-corrected chi connectivity index (χ1v) is 4.43. The zero-order chi connectivity index (χ0) is 9.10. The number of aromatic nitrogens is 4. The largest absolute Gasteiger partial charge is 0.377 e. The Bertz CT molecular complexity index is 249. The average molecular weight is 183 g/mol. The van der Waals surface area contributed by atoms with E-state index >= 15 is 0 Å². The van der Waals surface area contributed by atoms with Crippen molar-refractivity contribution in [2.24, 2.45) is 0 Å². The smallest absolute Gasteiger partial charge is 0.188 e. The van der Waals surface area contributed by atoms with Crippen LogP contribution in [0.5, 0.6) is 0 Å². The number of rotatable bonds is 3. The Balaban J connectivity index is 1.79. The Morgan fingerprint density at radius 2 is 2.62 bits per heavy atom. The molecule has 1 fully saturated rings. The molecule has 1 aromatic heterocycles. The van der Waals surface area contributed by atoms with Crippen LogP contribution in [0.15, 0.2) is 0 Å². The molecule has 0 bridgehead atoms. The second-order valence-electron chi connectivity index (χ2n) is 3.18. The summed E-state index contributed by atoms with van der Waals surface area (Å²) < 4.78 is 5.41. The molecule has 2 unspecified atom stereocenters. The van der Waals surface area contributed by atoms with Crippen molar-refractivity contribution in [3.63, 3.8) is 0 Å². The van der Waals surface area contributed by atoms with Crippen LogP contribution in [0.25, 0.3) is 0 Å².